The van der Waals surface area contributed by atoms with E-state index in [1.54, 1.807) is 26.2 Å². The van der Waals surface area contributed by atoms with Gasteiger partial charge in [0.05, 0.1) is 24.8 Å². The third-order valence-electron chi connectivity index (χ3n) is 3.15. The standard InChI is InChI=1S/C15H15N3O4/c1-3-20-15(19)11-9(2)22-14-12(11)13(17-8-18-14)16-7-10-5-4-6-21-10/h4-6,8H,3,7H2,1-2H3,(H,16,17,18). The first-order valence-corrected chi connectivity index (χ1v) is 6.88. The van der Waals surface area contributed by atoms with Crippen molar-refractivity contribution in [3.8, 4) is 0 Å². The summed E-state index contributed by atoms with van der Waals surface area (Å²) in [5.41, 5.74) is 0.692. The molecule has 0 saturated carbocycles. The zero-order valence-electron chi connectivity index (χ0n) is 12.3. The number of fused-ring (bicyclic) bond motifs is 1. The molecule has 0 atom stereocenters. The number of carbonyl (C=O) groups is 1. The lowest BCUT2D eigenvalue weighted by Gasteiger charge is -2.06. The molecular weight excluding hydrogens is 286 g/mol. The Kier molecular flexibility index (Phi) is 3.78. The highest BCUT2D eigenvalue weighted by molar-refractivity contribution is 6.07. The second-order valence-electron chi connectivity index (χ2n) is 4.59. The maximum Gasteiger partial charge on any atom is 0.342 e. The molecule has 3 aromatic heterocycles. The molecule has 0 spiro atoms. The summed E-state index contributed by atoms with van der Waals surface area (Å²) in [5.74, 6) is 1.26. The molecule has 0 aliphatic rings. The molecule has 0 amide bonds. The largest absolute Gasteiger partial charge is 0.467 e. The van der Waals surface area contributed by atoms with Crippen LogP contribution in [0.4, 0.5) is 5.82 Å². The van der Waals surface area contributed by atoms with Gasteiger partial charge in [-0.1, -0.05) is 0 Å². The van der Waals surface area contributed by atoms with E-state index in [1.165, 1.54) is 6.33 Å². The Balaban J connectivity index is 2.00. The van der Waals surface area contributed by atoms with Crippen LogP contribution in [-0.2, 0) is 11.3 Å². The molecule has 3 rings (SSSR count). The number of nitrogens with zero attached hydrogens (tertiary/aromatic N) is 2. The predicted octanol–water partition coefficient (Wildman–Crippen LogP) is 2.91. The van der Waals surface area contributed by atoms with Gasteiger partial charge >= 0.3 is 5.97 Å². The van der Waals surface area contributed by atoms with Crippen LogP contribution in [0.15, 0.2) is 33.6 Å². The number of furan rings is 2. The molecule has 0 radical (unpaired) electrons. The van der Waals surface area contributed by atoms with Crippen molar-refractivity contribution < 1.29 is 18.4 Å². The maximum absolute atomic E-state index is 12.1. The second-order valence-corrected chi connectivity index (χ2v) is 4.59. The fraction of sp³-hybridized carbons (Fsp3) is 0.267. The molecule has 0 aromatic carbocycles. The van der Waals surface area contributed by atoms with Crippen molar-refractivity contribution in [3.63, 3.8) is 0 Å². The minimum absolute atomic E-state index is 0.286. The van der Waals surface area contributed by atoms with Crippen molar-refractivity contribution in [2.24, 2.45) is 0 Å². The van der Waals surface area contributed by atoms with Gasteiger partial charge in [0.2, 0.25) is 5.71 Å². The summed E-state index contributed by atoms with van der Waals surface area (Å²) in [7, 11) is 0. The number of aromatic nitrogens is 2. The van der Waals surface area contributed by atoms with Gasteiger partial charge in [-0.15, -0.1) is 0 Å². The fourth-order valence-corrected chi connectivity index (χ4v) is 2.21. The second kappa shape index (κ2) is 5.88. The van der Waals surface area contributed by atoms with Gasteiger partial charge in [-0.3, -0.25) is 0 Å². The highest BCUT2D eigenvalue weighted by Gasteiger charge is 2.23. The first-order chi connectivity index (χ1) is 10.7. The first kappa shape index (κ1) is 14.1. The Morgan fingerprint density at radius 3 is 3.00 bits per heavy atom. The van der Waals surface area contributed by atoms with Crippen LogP contribution in [-0.4, -0.2) is 22.5 Å². The van der Waals surface area contributed by atoms with Gasteiger partial charge in [-0.2, -0.15) is 0 Å². The third-order valence-corrected chi connectivity index (χ3v) is 3.15. The summed E-state index contributed by atoms with van der Waals surface area (Å²) in [6.07, 6.45) is 2.98. The van der Waals surface area contributed by atoms with E-state index in [0.29, 0.717) is 34.8 Å². The first-order valence-electron chi connectivity index (χ1n) is 6.88. The van der Waals surface area contributed by atoms with Gasteiger partial charge in [0.25, 0.3) is 0 Å². The minimum atomic E-state index is -0.449. The summed E-state index contributed by atoms with van der Waals surface area (Å²) in [6, 6.07) is 3.65. The Morgan fingerprint density at radius 2 is 2.27 bits per heavy atom. The van der Waals surface area contributed by atoms with E-state index in [2.05, 4.69) is 15.3 Å². The molecule has 1 N–H and O–H groups in total. The van der Waals surface area contributed by atoms with E-state index in [0.717, 1.165) is 5.76 Å². The van der Waals surface area contributed by atoms with Crippen LogP contribution < -0.4 is 5.32 Å². The fourth-order valence-electron chi connectivity index (χ4n) is 2.21. The van der Waals surface area contributed by atoms with Gasteiger partial charge in [0, 0.05) is 0 Å². The molecule has 0 saturated heterocycles. The van der Waals surface area contributed by atoms with E-state index in [1.807, 2.05) is 6.07 Å². The van der Waals surface area contributed by atoms with Gasteiger partial charge < -0.3 is 18.9 Å². The predicted molar refractivity (Wildman–Crippen MR) is 78.5 cm³/mol. The highest BCUT2D eigenvalue weighted by Crippen LogP contribution is 2.29. The molecule has 0 aliphatic carbocycles. The summed E-state index contributed by atoms with van der Waals surface area (Å²) >= 11 is 0. The number of hydrogen-bond acceptors (Lipinski definition) is 7. The van der Waals surface area contributed by atoms with Crippen LogP contribution in [0.5, 0.6) is 0 Å². The van der Waals surface area contributed by atoms with Crippen LogP contribution in [0.1, 0.15) is 28.8 Å². The smallest absolute Gasteiger partial charge is 0.342 e. The molecule has 0 bridgehead atoms. The van der Waals surface area contributed by atoms with Crippen molar-refractivity contribution in [1.29, 1.82) is 0 Å². The molecule has 114 valence electrons. The van der Waals surface area contributed by atoms with E-state index in [4.69, 9.17) is 13.6 Å². The van der Waals surface area contributed by atoms with Gasteiger partial charge in [0.15, 0.2) is 0 Å². The molecule has 7 heteroatoms. The lowest BCUT2D eigenvalue weighted by Crippen LogP contribution is -2.07. The molecule has 22 heavy (non-hydrogen) atoms. The Morgan fingerprint density at radius 1 is 1.41 bits per heavy atom. The average Bonchev–Trinajstić information content (AvgIpc) is 3.11. The summed E-state index contributed by atoms with van der Waals surface area (Å²) in [5, 5.41) is 3.65. The average molecular weight is 301 g/mol. The molecular formula is C15H15N3O4. The normalized spacial score (nSPS) is 10.8. The number of ether oxygens (including phenoxy) is 1. The summed E-state index contributed by atoms with van der Waals surface area (Å²) in [6.45, 7) is 4.17. The molecule has 0 fully saturated rings. The van der Waals surface area contributed by atoms with Crippen molar-refractivity contribution >= 4 is 22.9 Å². The highest BCUT2D eigenvalue weighted by atomic mass is 16.5. The minimum Gasteiger partial charge on any atom is -0.467 e. The molecule has 7 nitrogen and oxygen atoms in total. The van der Waals surface area contributed by atoms with Gasteiger partial charge in [-0.05, 0) is 26.0 Å². The van der Waals surface area contributed by atoms with Gasteiger partial charge in [-0.25, -0.2) is 14.8 Å². The number of hydrogen-bond donors (Lipinski definition) is 1. The lowest BCUT2D eigenvalue weighted by atomic mass is 10.2. The number of aryl methyl sites for hydroxylation is 1. The number of nitrogens with one attached hydrogen (secondary N) is 1. The summed E-state index contributed by atoms with van der Waals surface area (Å²) in [4.78, 5) is 20.4. The van der Waals surface area contributed by atoms with Crippen molar-refractivity contribution in [2.45, 2.75) is 20.4 Å². The topological polar surface area (TPSA) is 90.4 Å². The number of anilines is 1. The van der Waals surface area contributed by atoms with Crippen molar-refractivity contribution in [2.75, 3.05) is 11.9 Å². The van der Waals surface area contributed by atoms with Crippen LogP contribution in [0, 0.1) is 6.92 Å². The molecule has 3 aromatic rings. The SMILES string of the molecule is CCOC(=O)c1c(C)oc2ncnc(NCc3ccco3)c12. The van der Waals surface area contributed by atoms with Crippen LogP contribution in [0.25, 0.3) is 11.1 Å². The van der Waals surface area contributed by atoms with Crippen LogP contribution in [0.3, 0.4) is 0 Å². The zero-order chi connectivity index (χ0) is 15.5. The van der Waals surface area contributed by atoms with E-state index in [9.17, 15) is 4.79 Å². The van der Waals surface area contributed by atoms with E-state index < -0.39 is 5.97 Å². The maximum atomic E-state index is 12.1. The Hall–Kier alpha value is -2.83. The number of esters is 1. The van der Waals surface area contributed by atoms with Crippen molar-refractivity contribution in [1.82, 2.24) is 9.97 Å². The zero-order valence-corrected chi connectivity index (χ0v) is 12.3. The quantitative estimate of drug-likeness (QED) is 0.724. The molecule has 0 aliphatic heterocycles. The lowest BCUT2D eigenvalue weighted by molar-refractivity contribution is 0.0526. The summed E-state index contributed by atoms with van der Waals surface area (Å²) < 4.78 is 15.9. The number of rotatable bonds is 5. The van der Waals surface area contributed by atoms with Crippen LogP contribution >= 0.6 is 0 Å². The van der Waals surface area contributed by atoms with Crippen molar-refractivity contribution in [3.05, 3.63) is 41.8 Å². The van der Waals surface area contributed by atoms with Crippen LogP contribution in [0.2, 0.25) is 0 Å². The Labute approximate surface area is 126 Å². The molecule has 3 heterocycles. The third kappa shape index (κ3) is 2.52. The molecule has 0 unspecified atom stereocenters. The monoisotopic (exact) mass is 301 g/mol. The number of carbonyl (C=O) groups excluding carboxylic acids is 1. The van der Waals surface area contributed by atoms with E-state index >= 15 is 0 Å². The van der Waals surface area contributed by atoms with E-state index in [-0.39, 0.29) is 6.61 Å². The van der Waals surface area contributed by atoms with Gasteiger partial charge in [0.1, 0.15) is 29.2 Å². The Bertz CT molecular complexity index is 793.